The molecule has 3 nitrogen and oxygen atoms in total. The number of rotatable bonds is 2. The second kappa shape index (κ2) is 4.71. The van der Waals surface area contributed by atoms with Crippen molar-refractivity contribution in [1.29, 1.82) is 0 Å². The van der Waals surface area contributed by atoms with E-state index < -0.39 is 5.60 Å². The highest BCUT2D eigenvalue weighted by Crippen LogP contribution is 2.40. The van der Waals surface area contributed by atoms with Crippen LogP contribution in [0.2, 0.25) is 0 Å². The van der Waals surface area contributed by atoms with Gasteiger partial charge < -0.3 is 5.11 Å². The molecule has 2 aliphatic rings. The van der Waals surface area contributed by atoms with Crippen LogP contribution in [0.15, 0.2) is 18.3 Å². The Morgan fingerprint density at radius 3 is 2.84 bits per heavy atom. The zero-order valence-corrected chi connectivity index (χ0v) is 11.4. The smallest absolute Gasteiger partial charge is 0.173 e. The summed E-state index contributed by atoms with van der Waals surface area (Å²) in [5, 5.41) is 10.7. The molecule has 0 spiro atoms. The normalized spacial score (nSPS) is 34.0. The van der Waals surface area contributed by atoms with Gasteiger partial charge in [0.15, 0.2) is 5.78 Å². The third-order valence-electron chi connectivity index (χ3n) is 4.84. The fraction of sp³-hybridized carbons (Fsp3) is 0.625. The second-order valence-electron chi connectivity index (χ2n) is 6.22. The molecule has 1 aromatic rings. The summed E-state index contributed by atoms with van der Waals surface area (Å²) in [7, 11) is 0. The summed E-state index contributed by atoms with van der Waals surface area (Å²) in [5.74, 6) is 0.452. The molecule has 0 aromatic carbocycles. The van der Waals surface area contributed by atoms with Gasteiger partial charge in [-0.3, -0.25) is 9.78 Å². The molecule has 0 aliphatic heterocycles. The van der Waals surface area contributed by atoms with Crippen molar-refractivity contribution in [2.75, 3.05) is 0 Å². The van der Waals surface area contributed by atoms with E-state index in [4.69, 9.17) is 0 Å². The average molecular weight is 259 g/mol. The van der Waals surface area contributed by atoms with Crippen LogP contribution in [-0.4, -0.2) is 21.5 Å². The molecule has 2 aliphatic carbocycles. The molecule has 0 radical (unpaired) electrons. The third-order valence-corrected chi connectivity index (χ3v) is 4.84. The zero-order valence-electron chi connectivity index (χ0n) is 11.4. The van der Waals surface area contributed by atoms with Crippen molar-refractivity contribution >= 4 is 5.78 Å². The van der Waals surface area contributed by atoms with Crippen LogP contribution in [0.4, 0.5) is 0 Å². The van der Waals surface area contributed by atoms with Crippen LogP contribution in [0.3, 0.4) is 0 Å². The molecule has 1 unspecified atom stereocenters. The topological polar surface area (TPSA) is 50.2 Å². The molecular formula is C16H21NO2. The Bertz CT molecular complexity index is 489. The maximum Gasteiger partial charge on any atom is 0.173 e. The highest BCUT2D eigenvalue weighted by atomic mass is 16.3. The maximum absolute atomic E-state index is 12.7. The van der Waals surface area contributed by atoms with Gasteiger partial charge in [0.2, 0.25) is 0 Å². The first-order valence-electron chi connectivity index (χ1n) is 7.30. The molecular weight excluding hydrogens is 238 g/mol. The van der Waals surface area contributed by atoms with E-state index in [0.717, 1.165) is 31.4 Å². The van der Waals surface area contributed by atoms with Gasteiger partial charge in [-0.25, -0.2) is 0 Å². The van der Waals surface area contributed by atoms with Gasteiger partial charge in [0.25, 0.3) is 0 Å². The molecule has 3 heteroatoms. The highest BCUT2D eigenvalue weighted by Gasteiger charge is 2.44. The molecule has 1 fully saturated rings. The Morgan fingerprint density at radius 1 is 1.37 bits per heavy atom. The minimum absolute atomic E-state index is 0.0110. The number of aryl methyl sites for hydroxylation is 1. The van der Waals surface area contributed by atoms with Crippen LogP contribution in [-0.2, 0) is 11.2 Å². The lowest BCUT2D eigenvalue weighted by atomic mass is 9.74. The predicted octanol–water partition coefficient (Wildman–Crippen LogP) is 2.62. The van der Waals surface area contributed by atoms with Crippen molar-refractivity contribution in [2.45, 2.75) is 57.0 Å². The molecule has 1 N–H and O–H groups in total. The number of aliphatic hydroxyl groups is 1. The standard InChI is InChI=1S/C16H21NO2/c1-11-6-8-16(19,9-7-11)15(18)13-5-4-12-3-2-10-17-14(12)13/h2-3,10-11,13,19H,4-9H2,1H3. The number of hydrogen-bond donors (Lipinski definition) is 1. The summed E-state index contributed by atoms with van der Waals surface area (Å²) >= 11 is 0. The van der Waals surface area contributed by atoms with E-state index in [2.05, 4.69) is 11.9 Å². The van der Waals surface area contributed by atoms with Crippen molar-refractivity contribution in [2.24, 2.45) is 5.92 Å². The molecule has 1 atom stereocenters. The van der Waals surface area contributed by atoms with Crippen LogP contribution in [0, 0.1) is 5.92 Å². The first kappa shape index (κ1) is 12.8. The van der Waals surface area contributed by atoms with Gasteiger partial charge >= 0.3 is 0 Å². The minimum atomic E-state index is -1.10. The Hall–Kier alpha value is -1.22. The zero-order chi connectivity index (χ0) is 13.5. The van der Waals surface area contributed by atoms with Crippen LogP contribution in [0.1, 0.15) is 56.2 Å². The molecule has 0 bridgehead atoms. The summed E-state index contributed by atoms with van der Waals surface area (Å²) < 4.78 is 0. The Morgan fingerprint density at radius 2 is 2.11 bits per heavy atom. The summed E-state index contributed by atoms with van der Waals surface area (Å²) in [6.45, 7) is 2.19. The summed E-state index contributed by atoms with van der Waals surface area (Å²) in [5.41, 5.74) is 0.976. The fourth-order valence-corrected chi connectivity index (χ4v) is 3.48. The van der Waals surface area contributed by atoms with Crippen LogP contribution < -0.4 is 0 Å². The van der Waals surface area contributed by atoms with E-state index in [-0.39, 0.29) is 11.7 Å². The maximum atomic E-state index is 12.7. The van der Waals surface area contributed by atoms with Crippen molar-refractivity contribution in [3.63, 3.8) is 0 Å². The number of aromatic nitrogens is 1. The lowest BCUT2D eigenvalue weighted by Gasteiger charge is -2.35. The molecule has 102 valence electrons. The molecule has 19 heavy (non-hydrogen) atoms. The van der Waals surface area contributed by atoms with Crippen molar-refractivity contribution in [3.8, 4) is 0 Å². The number of nitrogens with zero attached hydrogens (tertiary/aromatic N) is 1. The quantitative estimate of drug-likeness (QED) is 0.888. The number of fused-ring (bicyclic) bond motifs is 1. The molecule has 0 saturated heterocycles. The van der Waals surface area contributed by atoms with E-state index in [9.17, 15) is 9.90 Å². The van der Waals surface area contributed by atoms with E-state index in [1.807, 2.05) is 12.1 Å². The number of Topliss-reactive ketones (excluding diaryl/α,β-unsaturated/α-hetero) is 1. The van der Waals surface area contributed by atoms with E-state index >= 15 is 0 Å². The summed E-state index contributed by atoms with van der Waals surface area (Å²) in [4.78, 5) is 17.1. The van der Waals surface area contributed by atoms with Crippen molar-refractivity contribution < 1.29 is 9.90 Å². The van der Waals surface area contributed by atoms with Crippen molar-refractivity contribution in [1.82, 2.24) is 4.98 Å². The molecule has 1 saturated carbocycles. The largest absolute Gasteiger partial charge is 0.382 e. The molecule has 1 aromatic heterocycles. The number of ketones is 1. The number of carbonyl (C=O) groups is 1. The minimum Gasteiger partial charge on any atom is -0.382 e. The number of hydrogen-bond acceptors (Lipinski definition) is 3. The fourth-order valence-electron chi connectivity index (χ4n) is 3.48. The predicted molar refractivity (Wildman–Crippen MR) is 72.9 cm³/mol. The Labute approximate surface area is 114 Å². The van der Waals surface area contributed by atoms with E-state index in [1.54, 1.807) is 6.20 Å². The lowest BCUT2D eigenvalue weighted by molar-refractivity contribution is -0.143. The number of pyridine rings is 1. The Kier molecular flexibility index (Phi) is 3.17. The van der Waals surface area contributed by atoms with E-state index in [1.165, 1.54) is 5.56 Å². The third kappa shape index (κ3) is 2.20. The summed E-state index contributed by atoms with van der Waals surface area (Å²) in [6.07, 6.45) is 6.60. The van der Waals surface area contributed by atoms with Gasteiger partial charge in [-0.1, -0.05) is 13.0 Å². The van der Waals surface area contributed by atoms with Gasteiger partial charge in [-0.15, -0.1) is 0 Å². The summed E-state index contributed by atoms with van der Waals surface area (Å²) in [6, 6.07) is 3.96. The van der Waals surface area contributed by atoms with Gasteiger partial charge in [-0.2, -0.15) is 0 Å². The molecule has 3 rings (SSSR count). The monoisotopic (exact) mass is 259 g/mol. The first-order valence-corrected chi connectivity index (χ1v) is 7.30. The second-order valence-corrected chi connectivity index (χ2v) is 6.22. The highest BCUT2D eigenvalue weighted by molar-refractivity contribution is 5.93. The van der Waals surface area contributed by atoms with Crippen molar-refractivity contribution in [3.05, 3.63) is 29.6 Å². The Balaban J connectivity index is 1.82. The van der Waals surface area contributed by atoms with Crippen LogP contribution in [0.25, 0.3) is 0 Å². The molecule has 0 amide bonds. The number of carbonyl (C=O) groups excluding carboxylic acids is 1. The van der Waals surface area contributed by atoms with Gasteiger partial charge in [0, 0.05) is 6.20 Å². The van der Waals surface area contributed by atoms with Gasteiger partial charge in [-0.05, 0) is 56.1 Å². The first-order chi connectivity index (χ1) is 9.10. The SMILES string of the molecule is CC1CCC(O)(C(=O)C2CCc3cccnc32)CC1. The van der Waals surface area contributed by atoms with Crippen LogP contribution in [0.5, 0.6) is 0 Å². The van der Waals surface area contributed by atoms with Crippen LogP contribution >= 0.6 is 0 Å². The van der Waals surface area contributed by atoms with E-state index in [0.29, 0.717) is 18.8 Å². The molecule has 1 heterocycles. The van der Waals surface area contributed by atoms with Gasteiger partial charge in [0.1, 0.15) is 5.60 Å². The lowest BCUT2D eigenvalue weighted by Crippen LogP contribution is -2.44. The average Bonchev–Trinajstić information content (AvgIpc) is 2.85. The van der Waals surface area contributed by atoms with Gasteiger partial charge in [0.05, 0.1) is 11.6 Å².